The number of nitrogens with one attached hydrogen (secondary N) is 1. The van der Waals surface area contributed by atoms with Crippen LogP contribution in [-0.4, -0.2) is 6.10 Å². The molecule has 4 heteroatoms. The standard InChI is InChI=1S/C16H15BrClNO/c1-10-6-12-7-11(2-5-16(12)20-10)9-19-13-3-4-14(17)15(18)8-13/h2-5,7-8,10,19H,6,9H2,1H3/t10-/m0/s1. The van der Waals surface area contributed by atoms with Crippen molar-refractivity contribution < 1.29 is 4.74 Å². The molecule has 0 amide bonds. The molecule has 0 saturated heterocycles. The van der Waals surface area contributed by atoms with E-state index in [0.717, 1.165) is 28.9 Å². The molecule has 0 saturated carbocycles. The summed E-state index contributed by atoms with van der Waals surface area (Å²) in [5.41, 5.74) is 3.56. The van der Waals surface area contributed by atoms with Crippen molar-refractivity contribution in [1.29, 1.82) is 0 Å². The lowest BCUT2D eigenvalue weighted by molar-refractivity contribution is 0.254. The number of fused-ring (bicyclic) bond motifs is 1. The van der Waals surface area contributed by atoms with E-state index in [2.05, 4.69) is 46.4 Å². The van der Waals surface area contributed by atoms with Crippen molar-refractivity contribution in [2.24, 2.45) is 0 Å². The fraction of sp³-hybridized carbons (Fsp3) is 0.250. The maximum absolute atomic E-state index is 6.08. The zero-order valence-corrected chi connectivity index (χ0v) is 13.5. The Morgan fingerprint density at radius 3 is 2.95 bits per heavy atom. The molecule has 1 atom stereocenters. The van der Waals surface area contributed by atoms with Crippen molar-refractivity contribution in [1.82, 2.24) is 0 Å². The van der Waals surface area contributed by atoms with E-state index in [1.807, 2.05) is 18.2 Å². The molecule has 2 aromatic carbocycles. The summed E-state index contributed by atoms with van der Waals surface area (Å²) < 4.78 is 6.62. The molecule has 3 rings (SSSR count). The Morgan fingerprint density at radius 1 is 1.30 bits per heavy atom. The number of anilines is 1. The first-order chi connectivity index (χ1) is 9.61. The van der Waals surface area contributed by atoms with Crippen LogP contribution in [0, 0.1) is 0 Å². The van der Waals surface area contributed by atoms with E-state index in [4.69, 9.17) is 16.3 Å². The van der Waals surface area contributed by atoms with Crippen LogP contribution in [0.2, 0.25) is 5.02 Å². The quantitative estimate of drug-likeness (QED) is 0.835. The summed E-state index contributed by atoms with van der Waals surface area (Å²) in [6, 6.07) is 12.3. The summed E-state index contributed by atoms with van der Waals surface area (Å²) in [5.74, 6) is 1.02. The molecule has 0 aliphatic carbocycles. The zero-order chi connectivity index (χ0) is 14.1. The Bertz CT molecular complexity index is 644. The molecular weight excluding hydrogens is 338 g/mol. The minimum atomic E-state index is 0.290. The van der Waals surface area contributed by atoms with Crippen molar-refractivity contribution in [3.63, 3.8) is 0 Å². The van der Waals surface area contributed by atoms with Gasteiger partial charge in [-0.3, -0.25) is 0 Å². The Kier molecular flexibility index (Phi) is 3.90. The minimum absolute atomic E-state index is 0.290. The lowest BCUT2D eigenvalue weighted by atomic mass is 10.1. The number of ether oxygens (including phenoxy) is 1. The van der Waals surface area contributed by atoms with Gasteiger partial charge >= 0.3 is 0 Å². The Labute approximate surface area is 132 Å². The van der Waals surface area contributed by atoms with Crippen LogP contribution in [0.3, 0.4) is 0 Å². The van der Waals surface area contributed by atoms with Crippen LogP contribution in [0.1, 0.15) is 18.1 Å². The average Bonchev–Trinajstić information content (AvgIpc) is 2.79. The van der Waals surface area contributed by atoms with Crippen LogP contribution in [-0.2, 0) is 13.0 Å². The molecule has 0 bridgehead atoms. The van der Waals surface area contributed by atoms with Gasteiger partial charge in [0.2, 0.25) is 0 Å². The first-order valence-corrected chi connectivity index (χ1v) is 7.76. The number of benzene rings is 2. The largest absolute Gasteiger partial charge is 0.490 e. The normalized spacial score (nSPS) is 16.6. The molecule has 0 aromatic heterocycles. The van der Waals surface area contributed by atoms with Gasteiger partial charge in [0.05, 0.1) is 5.02 Å². The lowest BCUT2D eigenvalue weighted by Gasteiger charge is -2.09. The SMILES string of the molecule is C[C@H]1Cc2cc(CNc3ccc(Br)c(Cl)c3)ccc2O1. The van der Waals surface area contributed by atoms with Crippen LogP contribution in [0.4, 0.5) is 5.69 Å². The van der Waals surface area contributed by atoms with Crippen LogP contribution in [0.25, 0.3) is 0 Å². The molecule has 2 aromatic rings. The highest BCUT2D eigenvalue weighted by Crippen LogP contribution is 2.30. The Hall–Kier alpha value is -1.19. The van der Waals surface area contributed by atoms with Crippen LogP contribution in [0.5, 0.6) is 5.75 Å². The van der Waals surface area contributed by atoms with Gasteiger partial charge in [0.25, 0.3) is 0 Å². The first-order valence-electron chi connectivity index (χ1n) is 6.59. The zero-order valence-electron chi connectivity index (χ0n) is 11.1. The van der Waals surface area contributed by atoms with Crippen LogP contribution < -0.4 is 10.1 Å². The van der Waals surface area contributed by atoms with E-state index in [1.54, 1.807) is 0 Å². The summed E-state index contributed by atoms with van der Waals surface area (Å²) >= 11 is 9.48. The summed E-state index contributed by atoms with van der Waals surface area (Å²) in [6.45, 7) is 2.88. The number of hydrogen-bond donors (Lipinski definition) is 1. The van der Waals surface area contributed by atoms with Crippen molar-refractivity contribution >= 4 is 33.2 Å². The van der Waals surface area contributed by atoms with E-state index in [9.17, 15) is 0 Å². The van der Waals surface area contributed by atoms with Crippen molar-refractivity contribution in [2.75, 3.05) is 5.32 Å². The van der Waals surface area contributed by atoms with Gasteiger partial charge < -0.3 is 10.1 Å². The second kappa shape index (κ2) is 5.66. The lowest BCUT2D eigenvalue weighted by Crippen LogP contribution is -2.05. The molecular formula is C16H15BrClNO. The van der Waals surface area contributed by atoms with Gasteiger partial charge in [-0.15, -0.1) is 0 Å². The van der Waals surface area contributed by atoms with Crippen LogP contribution in [0.15, 0.2) is 40.9 Å². The van der Waals surface area contributed by atoms with Crippen molar-refractivity contribution in [3.05, 3.63) is 57.0 Å². The summed E-state index contributed by atoms with van der Waals surface area (Å²) in [5, 5.41) is 4.10. The first kappa shape index (κ1) is 13.8. The maximum atomic E-state index is 6.08. The minimum Gasteiger partial charge on any atom is -0.490 e. The molecule has 1 N–H and O–H groups in total. The number of rotatable bonds is 3. The highest BCUT2D eigenvalue weighted by molar-refractivity contribution is 9.10. The topological polar surface area (TPSA) is 21.3 Å². The van der Waals surface area contributed by atoms with Gasteiger partial charge in [-0.25, -0.2) is 0 Å². The van der Waals surface area contributed by atoms with E-state index in [-0.39, 0.29) is 0 Å². The van der Waals surface area contributed by atoms with Gasteiger partial charge in [0.15, 0.2) is 0 Å². The third kappa shape index (κ3) is 2.94. The fourth-order valence-corrected chi connectivity index (χ4v) is 2.82. The van der Waals surface area contributed by atoms with Gasteiger partial charge in [0, 0.05) is 23.1 Å². The third-order valence-electron chi connectivity index (χ3n) is 3.38. The summed E-state index contributed by atoms with van der Waals surface area (Å²) in [6.07, 6.45) is 1.28. The van der Waals surface area contributed by atoms with E-state index in [0.29, 0.717) is 11.1 Å². The smallest absolute Gasteiger partial charge is 0.123 e. The molecule has 1 heterocycles. The highest BCUT2D eigenvalue weighted by Gasteiger charge is 2.18. The molecule has 1 aliphatic rings. The molecule has 0 radical (unpaired) electrons. The molecule has 1 aliphatic heterocycles. The molecule has 0 fully saturated rings. The average molecular weight is 353 g/mol. The number of halogens is 2. The van der Waals surface area contributed by atoms with Gasteiger partial charge in [-0.05, 0) is 58.2 Å². The number of hydrogen-bond acceptors (Lipinski definition) is 2. The molecule has 0 spiro atoms. The fourth-order valence-electron chi connectivity index (χ4n) is 2.40. The van der Waals surface area contributed by atoms with E-state index >= 15 is 0 Å². The van der Waals surface area contributed by atoms with E-state index < -0.39 is 0 Å². The molecule has 0 unspecified atom stereocenters. The van der Waals surface area contributed by atoms with Gasteiger partial charge in [-0.1, -0.05) is 23.7 Å². The van der Waals surface area contributed by atoms with Crippen molar-refractivity contribution in [3.8, 4) is 5.75 Å². The highest BCUT2D eigenvalue weighted by atomic mass is 79.9. The predicted molar refractivity (Wildman–Crippen MR) is 86.7 cm³/mol. The molecule has 104 valence electrons. The van der Waals surface area contributed by atoms with Crippen molar-refractivity contribution in [2.45, 2.75) is 26.0 Å². The third-order valence-corrected chi connectivity index (χ3v) is 4.61. The monoisotopic (exact) mass is 351 g/mol. The Balaban J connectivity index is 1.70. The molecule has 20 heavy (non-hydrogen) atoms. The molecule has 2 nitrogen and oxygen atoms in total. The second-order valence-corrected chi connectivity index (χ2v) is 6.32. The second-order valence-electron chi connectivity index (χ2n) is 5.06. The van der Waals surface area contributed by atoms with Crippen LogP contribution >= 0.6 is 27.5 Å². The van der Waals surface area contributed by atoms with E-state index in [1.165, 1.54) is 11.1 Å². The van der Waals surface area contributed by atoms with Gasteiger partial charge in [-0.2, -0.15) is 0 Å². The Morgan fingerprint density at radius 2 is 2.15 bits per heavy atom. The predicted octanol–water partition coefficient (Wildman–Crippen LogP) is 5.04. The summed E-state index contributed by atoms with van der Waals surface area (Å²) in [7, 11) is 0. The maximum Gasteiger partial charge on any atom is 0.123 e. The van der Waals surface area contributed by atoms with Gasteiger partial charge in [0.1, 0.15) is 11.9 Å². The summed E-state index contributed by atoms with van der Waals surface area (Å²) in [4.78, 5) is 0.